The minimum absolute atomic E-state index is 0.0560. The van der Waals surface area contributed by atoms with Gasteiger partial charge in [-0.1, -0.05) is 48.9 Å². The number of anilines is 1. The molecule has 0 bridgehead atoms. The topological polar surface area (TPSA) is 58.0 Å². The molecule has 1 aromatic carbocycles. The standard InChI is InChI=1S/C16H20ClN3O/c1-4-13-18-14(17)11(2)15(19-13)20-16(3,10-21)12-8-6-5-7-9-12/h5-9,21H,4,10H2,1-3H3,(H,18,19,20). The van der Waals surface area contributed by atoms with E-state index in [1.165, 1.54) is 0 Å². The van der Waals surface area contributed by atoms with Gasteiger partial charge in [-0.15, -0.1) is 0 Å². The Morgan fingerprint density at radius 1 is 1.24 bits per heavy atom. The molecule has 0 spiro atoms. The molecule has 1 heterocycles. The van der Waals surface area contributed by atoms with Crippen molar-refractivity contribution in [3.63, 3.8) is 0 Å². The van der Waals surface area contributed by atoms with Crippen LogP contribution in [0, 0.1) is 6.92 Å². The molecule has 1 aromatic heterocycles. The Hall–Kier alpha value is -1.65. The molecule has 2 N–H and O–H groups in total. The van der Waals surface area contributed by atoms with Gasteiger partial charge in [-0.05, 0) is 19.4 Å². The maximum absolute atomic E-state index is 9.85. The second-order valence-corrected chi connectivity index (χ2v) is 5.60. The summed E-state index contributed by atoms with van der Waals surface area (Å²) in [6.07, 6.45) is 0.704. The van der Waals surface area contributed by atoms with Crippen LogP contribution in [0.2, 0.25) is 5.15 Å². The molecule has 0 saturated carbocycles. The van der Waals surface area contributed by atoms with Crippen molar-refractivity contribution in [2.75, 3.05) is 11.9 Å². The summed E-state index contributed by atoms with van der Waals surface area (Å²) in [5.41, 5.74) is 1.14. The van der Waals surface area contributed by atoms with Crippen molar-refractivity contribution in [2.24, 2.45) is 0 Å². The summed E-state index contributed by atoms with van der Waals surface area (Å²) in [6, 6.07) is 9.79. The van der Waals surface area contributed by atoms with E-state index in [4.69, 9.17) is 11.6 Å². The van der Waals surface area contributed by atoms with Crippen LogP contribution in [0.4, 0.5) is 5.82 Å². The summed E-state index contributed by atoms with van der Waals surface area (Å²) in [4.78, 5) is 8.72. The highest BCUT2D eigenvalue weighted by molar-refractivity contribution is 6.30. The van der Waals surface area contributed by atoms with Crippen LogP contribution in [0.15, 0.2) is 30.3 Å². The summed E-state index contributed by atoms with van der Waals surface area (Å²) in [5, 5.41) is 13.6. The van der Waals surface area contributed by atoms with E-state index in [1.54, 1.807) is 0 Å². The Bertz CT molecular complexity index is 618. The third-order valence-corrected chi connectivity index (χ3v) is 3.94. The molecule has 112 valence electrons. The van der Waals surface area contributed by atoms with E-state index in [9.17, 15) is 5.11 Å². The third-order valence-electron chi connectivity index (χ3n) is 3.57. The van der Waals surface area contributed by atoms with Crippen molar-refractivity contribution in [1.29, 1.82) is 0 Å². The van der Waals surface area contributed by atoms with Gasteiger partial charge in [0.1, 0.15) is 16.8 Å². The lowest BCUT2D eigenvalue weighted by molar-refractivity contribution is 0.223. The van der Waals surface area contributed by atoms with E-state index in [-0.39, 0.29) is 6.61 Å². The van der Waals surface area contributed by atoms with E-state index in [2.05, 4.69) is 15.3 Å². The van der Waals surface area contributed by atoms with Crippen molar-refractivity contribution < 1.29 is 5.11 Å². The average molecular weight is 306 g/mol. The minimum Gasteiger partial charge on any atom is -0.394 e. The number of halogens is 1. The number of nitrogens with one attached hydrogen (secondary N) is 1. The Balaban J connectivity index is 2.41. The monoisotopic (exact) mass is 305 g/mol. The number of aryl methyl sites for hydroxylation is 1. The first-order chi connectivity index (χ1) is 10.00. The maximum atomic E-state index is 9.85. The molecular formula is C16H20ClN3O. The highest BCUT2D eigenvalue weighted by Crippen LogP contribution is 2.28. The molecule has 0 aliphatic rings. The molecule has 1 unspecified atom stereocenters. The predicted molar refractivity (Wildman–Crippen MR) is 85.7 cm³/mol. The number of aliphatic hydroxyl groups excluding tert-OH is 1. The quantitative estimate of drug-likeness (QED) is 0.832. The largest absolute Gasteiger partial charge is 0.394 e. The summed E-state index contributed by atoms with van der Waals surface area (Å²) < 4.78 is 0. The van der Waals surface area contributed by atoms with Crippen LogP contribution in [0.1, 0.15) is 30.8 Å². The smallest absolute Gasteiger partial charge is 0.137 e. The van der Waals surface area contributed by atoms with Gasteiger partial charge in [-0.2, -0.15) is 0 Å². The molecule has 5 heteroatoms. The van der Waals surface area contributed by atoms with E-state index in [0.717, 1.165) is 11.1 Å². The first-order valence-corrected chi connectivity index (χ1v) is 7.35. The van der Waals surface area contributed by atoms with Crippen LogP contribution < -0.4 is 5.32 Å². The number of hydrogen-bond donors (Lipinski definition) is 2. The highest BCUT2D eigenvalue weighted by Gasteiger charge is 2.27. The van der Waals surface area contributed by atoms with Gasteiger partial charge in [0.25, 0.3) is 0 Å². The number of nitrogens with zero attached hydrogens (tertiary/aromatic N) is 2. The van der Waals surface area contributed by atoms with E-state index in [1.807, 2.05) is 51.1 Å². The lowest BCUT2D eigenvalue weighted by Gasteiger charge is -2.30. The Morgan fingerprint density at radius 3 is 2.48 bits per heavy atom. The first kappa shape index (κ1) is 15.7. The summed E-state index contributed by atoms with van der Waals surface area (Å²) in [7, 11) is 0. The molecule has 0 fully saturated rings. The van der Waals surface area contributed by atoms with Gasteiger partial charge in [-0.3, -0.25) is 0 Å². The van der Waals surface area contributed by atoms with Crippen LogP contribution in [0.5, 0.6) is 0 Å². The Kier molecular flexibility index (Phi) is 4.80. The molecular weight excluding hydrogens is 286 g/mol. The molecule has 2 aromatic rings. The van der Waals surface area contributed by atoms with Crippen molar-refractivity contribution in [1.82, 2.24) is 9.97 Å². The number of rotatable bonds is 5. The van der Waals surface area contributed by atoms with Gasteiger partial charge in [-0.25, -0.2) is 9.97 Å². The summed E-state index contributed by atoms with van der Waals surface area (Å²) in [6.45, 7) is 5.73. The molecule has 1 atom stereocenters. The average Bonchev–Trinajstić information content (AvgIpc) is 2.52. The Morgan fingerprint density at radius 2 is 1.90 bits per heavy atom. The number of benzene rings is 1. The van der Waals surface area contributed by atoms with Crippen LogP contribution >= 0.6 is 11.6 Å². The molecule has 0 aliphatic carbocycles. The lowest BCUT2D eigenvalue weighted by Crippen LogP contribution is -2.36. The SMILES string of the molecule is CCc1nc(Cl)c(C)c(NC(C)(CO)c2ccccc2)n1. The van der Waals surface area contributed by atoms with Crippen LogP contribution in [0.3, 0.4) is 0 Å². The fraction of sp³-hybridized carbons (Fsp3) is 0.375. The normalized spacial score (nSPS) is 13.8. The van der Waals surface area contributed by atoms with E-state index >= 15 is 0 Å². The molecule has 0 aliphatic heterocycles. The molecule has 0 saturated heterocycles. The highest BCUT2D eigenvalue weighted by atomic mass is 35.5. The van der Waals surface area contributed by atoms with Crippen LogP contribution in [-0.4, -0.2) is 21.7 Å². The van der Waals surface area contributed by atoms with Gasteiger partial charge in [0.2, 0.25) is 0 Å². The number of aromatic nitrogens is 2. The summed E-state index contributed by atoms with van der Waals surface area (Å²) in [5.74, 6) is 1.34. The fourth-order valence-corrected chi connectivity index (χ4v) is 2.27. The number of aliphatic hydroxyl groups is 1. The molecule has 0 radical (unpaired) electrons. The zero-order valence-corrected chi connectivity index (χ0v) is 13.3. The fourth-order valence-electron chi connectivity index (χ4n) is 2.08. The van der Waals surface area contributed by atoms with Crippen LogP contribution in [-0.2, 0) is 12.0 Å². The van der Waals surface area contributed by atoms with Gasteiger partial charge >= 0.3 is 0 Å². The van der Waals surface area contributed by atoms with E-state index in [0.29, 0.717) is 23.2 Å². The van der Waals surface area contributed by atoms with Crippen molar-refractivity contribution in [3.05, 3.63) is 52.4 Å². The van der Waals surface area contributed by atoms with Gasteiger partial charge in [0.15, 0.2) is 0 Å². The van der Waals surface area contributed by atoms with Crippen molar-refractivity contribution in [3.8, 4) is 0 Å². The molecule has 21 heavy (non-hydrogen) atoms. The van der Waals surface area contributed by atoms with Crippen molar-refractivity contribution >= 4 is 17.4 Å². The summed E-state index contributed by atoms with van der Waals surface area (Å²) >= 11 is 6.16. The zero-order chi connectivity index (χ0) is 15.5. The molecule has 0 amide bonds. The predicted octanol–water partition coefficient (Wildman–Crippen LogP) is 3.32. The van der Waals surface area contributed by atoms with Gasteiger partial charge in [0, 0.05) is 12.0 Å². The second kappa shape index (κ2) is 6.41. The molecule has 2 rings (SSSR count). The molecule has 4 nitrogen and oxygen atoms in total. The maximum Gasteiger partial charge on any atom is 0.137 e. The van der Waals surface area contributed by atoms with Crippen LogP contribution in [0.25, 0.3) is 0 Å². The lowest BCUT2D eigenvalue weighted by atomic mass is 9.93. The minimum atomic E-state index is -0.630. The number of hydrogen-bond acceptors (Lipinski definition) is 4. The zero-order valence-electron chi connectivity index (χ0n) is 12.5. The first-order valence-electron chi connectivity index (χ1n) is 6.97. The second-order valence-electron chi connectivity index (χ2n) is 5.24. The van der Waals surface area contributed by atoms with Gasteiger partial charge < -0.3 is 10.4 Å². The van der Waals surface area contributed by atoms with Gasteiger partial charge in [0.05, 0.1) is 12.1 Å². The van der Waals surface area contributed by atoms with Crippen molar-refractivity contribution in [2.45, 2.75) is 32.7 Å². The Labute approximate surface area is 130 Å². The third kappa shape index (κ3) is 3.34. The van der Waals surface area contributed by atoms with E-state index < -0.39 is 5.54 Å².